The Kier molecular flexibility index (Phi) is 4.12. The molecular formula is C14H19ClN2O. The number of carbonyl (C=O) groups excluding carboxylic acids is 1. The maximum Gasteiger partial charge on any atom is 0.253 e. The Morgan fingerprint density at radius 3 is 2.83 bits per heavy atom. The van der Waals surface area contributed by atoms with Gasteiger partial charge >= 0.3 is 0 Å². The van der Waals surface area contributed by atoms with Gasteiger partial charge in [-0.2, -0.15) is 0 Å². The van der Waals surface area contributed by atoms with Crippen LogP contribution in [0.3, 0.4) is 0 Å². The molecule has 2 N–H and O–H groups in total. The molecule has 0 saturated carbocycles. The number of benzene rings is 1. The van der Waals surface area contributed by atoms with Crippen molar-refractivity contribution in [2.75, 3.05) is 18.8 Å². The standard InChI is InChI=1S/C14H19ClN2O/c1-10-3-2-5-17(6-4-10)14(18)11-7-12(15)9-13(16)8-11/h7-10H,2-6,16H2,1H3. The van der Waals surface area contributed by atoms with Crippen LogP contribution in [0.4, 0.5) is 5.69 Å². The number of anilines is 1. The number of hydrogen-bond donors (Lipinski definition) is 1. The SMILES string of the molecule is CC1CCCN(C(=O)c2cc(N)cc(Cl)c2)CC1. The van der Waals surface area contributed by atoms with Crippen LogP contribution in [0.5, 0.6) is 0 Å². The van der Waals surface area contributed by atoms with Crippen molar-refractivity contribution in [2.24, 2.45) is 5.92 Å². The number of nitrogens with zero attached hydrogens (tertiary/aromatic N) is 1. The van der Waals surface area contributed by atoms with Gasteiger partial charge in [-0.25, -0.2) is 0 Å². The third-order valence-corrected chi connectivity index (χ3v) is 3.69. The molecule has 1 unspecified atom stereocenters. The van der Waals surface area contributed by atoms with Gasteiger partial charge in [-0.15, -0.1) is 0 Å². The van der Waals surface area contributed by atoms with E-state index in [0.717, 1.165) is 25.9 Å². The van der Waals surface area contributed by atoms with Crippen LogP contribution in [0.25, 0.3) is 0 Å². The summed E-state index contributed by atoms with van der Waals surface area (Å²) in [6.07, 6.45) is 3.34. The molecule has 2 rings (SSSR count). The second-order valence-corrected chi connectivity index (χ2v) is 5.54. The molecule has 1 aliphatic heterocycles. The summed E-state index contributed by atoms with van der Waals surface area (Å²) in [6.45, 7) is 3.90. The van der Waals surface area contributed by atoms with E-state index in [0.29, 0.717) is 22.2 Å². The highest BCUT2D eigenvalue weighted by atomic mass is 35.5. The second kappa shape index (κ2) is 5.61. The molecule has 1 aromatic rings. The van der Waals surface area contributed by atoms with E-state index >= 15 is 0 Å². The van der Waals surface area contributed by atoms with Gasteiger partial charge in [0.15, 0.2) is 0 Å². The molecule has 18 heavy (non-hydrogen) atoms. The van der Waals surface area contributed by atoms with Crippen LogP contribution in [0.2, 0.25) is 5.02 Å². The maximum atomic E-state index is 12.4. The van der Waals surface area contributed by atoms with Gasteiger partial charge in [0.05, 0.1) is 0 Å². The largest absolute Gasteiger partial charge is 0.399 e. The Hall–Kier alpha value is -1.22. The molecule has 1 heterocycles. The lowest BCUT2D eigenvalue weighted by Gasteiger charge is -2.20. The number of halogens is 1. The summed E-state index contributed by atoms with van der Waals surface area (Å²) in [5.41, 5.74) is 6.85. The Morgan fingerprint density at radius 2 is 2.11 bits per heavy atom. The molecule has 1 saturated heterocycles. The van der Waals surface area contributed by atoms with Crippen LogP contribution in [-0.4, -0.2) is 23.9 Å². The third kappa shape index (κ3) is 3.16. The monoisotopic (exact) mass is 266 g/mol. The number of hydrogen-bond acceptors (Lipinski definition) is 2. The quantitative estimate of drug-likeness (QED) is 0.794. The fourth-order valence-corrected chi connectivity index (χ4v) is 2.63. The third-order valence-electron chi connectivity index (χ3n) is 3.47. The molecule has 98 valence electrons. The zero-order valence-corrected chi connectivity index (χ0v) is 11.4. The first-order chi connectivity index (χ1) is 8.56. The molecule has 0 aliphatic carbocycles. The van der Waals surface area contributed by atoms with E-state index in [1.807, 2.05) is 4.90 Å². The van der Waals surface area contributed by atoms with Crippen molar-refractivity contribution >= 4 is 23.2 Å². The first-order valence-electron chi connectivity index (χ1n) is 6.41. The van der Waals surface area contributed by atoms with Crippen molar-refractivity contribution in [1.82, 2.24) is 4.90 Å². The van der Waals surface area contributed by atoms with E-state index in [9.17, 15) is 4.79 Å². The van der Waals surface area contributed by atoms with Crippen LogP contribution in [0.15, 0.2) is 18.2 Å². The summed E-state index contributed by atoms with van der Waals surface area (Å²) in [5.74, 6) is 0.741. The topological polar surface area (TPSA) is 46.3 Å². The number of nitrogens with two attached hydrogens (primary N) is 1. The molecule has 0 radical (unpaired) electrons. The minimum atomic E-state index is 0.0401. The van der Waals surface area contributed by atoms with Crippen molar-refractivity contribution < 1.29 is 4.79 Å². The average Bonchev–Trinajstić information content (AvgIpc) is 2.52. The van der Waals surface area contributed by atoms with E-state index in [4.69, 9.17) is 17.3 Å². The summed E-state index contributed by atoms with van der Waals surface area (Å²) < 4.78 is 0. The summed E-state index contributed by atoms with van der Waals surface area (Å²) in [4.78, 5) is 14.3. The summed E-state index contributed by atoms with van der Waals surface area (Å²) >= 11 is 5.94. The normalized spacial score (nSPS) is 20.6. The molecule has 1 amide bonds. The van der Waals surface area contributed by atoms with Crippen LogP contribution < -0.4 is 5.73 Å². The van der Waals surface area contributed by atoms with Crippen molar-refractivity contribution in [3.63, 3.8) is 0 Å². The van der Waals surface area contributed by atoms with Gasteiger partial charge in [0.1, 0.15) is 0 Å². The Labute approximate surface area is 113 Å². The van der Waals surface area contributed by atoms with Crippen molar-refractivity contribution in [2.45, 2.75) is 26.2 Å². The second-order valence-electron chi connectivity index (χ2n) is 5.10. The highest BCUT2D eigenvalue weighted by molar-refractivity contribution is 6.31. The van der Waals surface area contributed by atoms with Gasteiger partial charge in [0.2, 0.25) is 0 Å². The molecule has 0 aromatic heterocycles. The van der Waals surface area contributed by atoms with Gasteiger partial charge in [0, 0.05) is 29.4 Å². The van der Waals surface area contributed by atoms with Gasteiger partial charge in [-0.3, -0.25) is 4.79 Å². The summed E-state index contributed by atoms with van der Waals surface area (Å²) in [6, 6.07) is 5.04. The Bertz CT molecular complexity index is 427. The number of rotatable bonds is 1. The smallest absolute Gasteiger partial charge is 0.253 e. The fourth-order valence-electron chi connectivity index (χ4n) is 2.38. The minimum Gasteiger partial charge on any atom is -0.399 e. The summed E-state index contributed by atoms with van der Waals surface area (Å²) in [7, 11) is 0. The van der Waals surface area contributed by atoms with E-state index in [2.05, 4.69) is 6.92 Å². The number of amides is 1. The highest BCUT2D eigenvalue weighted by Gasteiger charge is 2.20. The lowest BCUT2D eigenvalue weighted by atomic mass is 10.0. The zero-order chi connectivity index (χ0) is 13.1. The first kappa shape index (κ1) is 13.2. The Balaban J connectivity index is 2.14. The van der Waals surface area contributed by atoms with Gasteiger partial charge in [-0.05, 0) is 43.4 Å². The Morgan fingerprint density at radius 1 is 1.33 bits per heavy atom. The fraction of sp³-hybridized carbons (Fsp3) is 0.500. The van der Waals surface area contributed by atoms with Gasteiger partial charge < -0.3 is 10.6 Å². The lowest BCUT2D eigenvalue weighted by Crippen LogP contribution is -2.32. The molecule has 3 nitrogen and oxygen atoms in total. The highest BCUT2D eigenvalue weighted by Crippen LogP contribution is 2.21. The number of likely N-dealkylation sites (tertiary alicyclic amines) is 1. The van der Waals surface area contributed by atoms with Crippen molar-refractivity contribution in [3.8, 4) is 0 Å². The van der Waals surface area contributed by atoms with E-state index < -0.39 is 0 Å². The van der Waals surface area contributed by atoms with E-state index in [1.54, 1.807) is 18.2 Å². The molecule has 0 bridgehead atoms. The maximum absolute atomic E-state index is 12.4. The number of carbonyl (C=O) groups is 1. The molecular weight excluding hydrogens is 248 g/mol. The molecule has 1 atom stereocenters. The van der Waals surface area contributed by atoms with Gasteiger partial charge in [0.25, 0.3) is 5.91 Å². The molecule has 4 heteroatoms. The van der Waals surface area contributed by atoms with Crippen LogP contribution in [0, 0.1) is 5.92 Å². The predicted molar refractivity (Wildman–Crippen MR) is 74.8 cm³/mol. The lowest BCUT2D eigenvalue weighted by molar-refractivity contribution is 0.0760. The number of nitrogen functional groups attached to an aromatic ring is 1. The van der Waals surface area contributed by atoms with E-state index in [-0.39, 0.29) is 5.91 Å². The van der Waals surface area contributed by atoms with E-state index in [1.165, 1.54) is 6.42 Å². The zero-order valence-electron chi connectivity index (χ0n) is 10.7. The predicted octanol–water partition coefficient (Wildman–Crippen LogP) is 3.18. The first-order valence-corrected chi connectivity index (χ1v) is 6.79. The molecule has 0 spiro atoms. The molecule has 1 aliphatic rings. The summed E-state index contributed by atoms with van der Waals surface area (Å²) in [5, 5.41) is 0.515. The van der Waals surface area contributed by atoms with Crippen LogP contribution >= 0.6 is 11.6 Å². The average molecular weight is 267 g/mol. The van der Waals surface area contributed by atoms with Crippen LogP contribution in [-0.2, 0) is 0 Å². The van der Waals surface area contributed by atoms with Crippen molar-refractivity contribution in [1.29, 1.82) is 0 Å². The molecule has 1 aromatic carbocycles. The van der Waals surface area contributed by atoms with Crippen molar-refractivity contribution in [3.05, 3.63) is 28.8 Å². The minimum absolute atomic E-state index is 0.0401. The van der Waals surface area contributed by atoms with Crippen LogP contribution in [0.1, 0.15) is 36.5 Å². The molecule has 1 fully saturated rings. The van der Waals surface area contributed by atoms with Gasteiger partial charge in [-0.1, -0.05) is 18.5 Å².